The van der Waals surface area contributed by atoms with Crippen molar-refractivity contribution in [3.8, 4) is 0 Å². The molecule has 0 saturated carbocycles. The van der Waals surface area contributed by atoms with Gasteiger partial charge in [-0.05, 0) is 18.9 Å². The van der Waals surface area contributed by atoms with Crippen LogP contribution >= 0.6 is 0 Å². The Morgan fingerprint density at radius 3 is 2.74 bits per heavy atom. The molecule has 2 aromatic rings. The molecule has 0 saturated heterocycles. The topological polar surface area (TPSA) is 17.8 Å². The molecule has 0 atom stereocenters. The Kier molecular flexibility index (Phi) is 4.35. The van der Waals surface area contributed by atoms with E-state index in [2.05, 4.69) is 61.2 Å². The first-order valence-electron chi connectivity index (χ1n) is 6.63. The predicted molar refractivity (Wildman–Crippen MR) is 81.0 cm³/mol. The maximum absolute atomic E-state index is 4.55. The van der Waals surface area contributed by atoms with Gasteiger partial charge in [0.25, 0.3) is 0 Å². The number of hydrogen-bond acceptors (Lipinski definition) is 1. The predicted octanol–water partition coefficient (Wildman–Crippen LogP) is 4.22. The molecule has 2 nitrogen and oxygen atoms in total. The minimum atomic E-state index is 0.810. The molecule has 0 aliphatic rings. The van der Waals surface area contributed by atoms with E-state index < -0.39 is 0 Å². The van der Waals surface area contributed by atoms with E-state index in [0.717, 1.165) is 29.8 Å². The molecule has 0 spiro atoms. The van der Waals surface area contributed by atoms with Gasteiger partial charge in [-0.2, -0.15) is 5.10 Å². The van der Waals surface area contributed by atoms with E-state index in [1.807, 2.05) is 17.7 Å². The van der Waals surface area contributed by atoms with Gasteiger partial charge in [0, 0.05) is 11.8 Å². The van der Waals surface area contributed by atoms with Crippen molar-refractivity contribution in [2.24, 2.45) is 0 Å². The molecule has 0 radical (unpaired) electrons. The van der Waals surface area contributed by atoms with Crippen LogP contribution in [0.4, 0.5) is 0 Å². The van der Waals surface area contributed by atoms with Crippen LogP contribution in [0.3, 0.4) is 0 Å². The van der Waals surface area contributed by atoms with E-state index in [-0.39, 0.29) is 0 Å². The van der Waals surface area contributed by atoms with E-state index in [1.54, 1.807) is 0 Å². The third-order valence-corrected chi connectivity index (χ3v) is 3.12. The number of nitrogens with zero attached hydrogens (tertiary/aromatic N) is 2. The Balaban J connectivity index is 2.13. The monoisotopic (exact) mass is 252 g/mol. The second-order valence-electron chi connectivity index (χ2n) is 4.70. The Hall–Kier alpha value is -2.09. The largest absolute Gasteiger partial charge is 0.267 e. The number of hydrogen-bond donors (Lipinski definition) is 0. The van der Waals surface area contributed by atoms with Crippen molar-refractivity contribution in [2.45, 2.75) is 26.8 Å². The zero-order valence-corrected chi connectivity index (χ0v) is 11.6. The van der Waals surface area contributed by atoms with Gasteiger partial charge in [-0.25, -0.2) is 0 Å². The molecule has 98 valence electrons. The van der Waals surface area contributed by atoms with Gasteiger partial charge in [-0.15, -0.1) is 0 Å². The van der Waals surface area contributed by atoms with Crippen LogP contribution in [0.5, 0.6) is 0 Å². The standard InChI is InChI=1S/C17H20N2/c1-4-14(2)10-11-17-13-19(18-15(17)3)12-16-8-6-5-7-9-16/h5-11,13H,2,4,12H2,1,3H3/b11-10-. The highest BCUT2D eigenvalue weighted by Gasteiger charge is 2.02. The Bertz CT molecular complexity index is 577. The number of benzene rings is 1. The van der Waals surface area contributed by atoms with E-state index >= 15 is 0 Å². The van der Waals surface area contributed by atoms with Crippen molar-refractivity contribution in [3.05, 3.63) is 71.6 Å². The zero-order chi connectivity index (χ0) is 13.7. The lowest BCUT2D eigenvalue weighted by Gasteiger charge is -2.00. The molecule has 0 N–H and O–H groups in total. The number of aromatic nitrogens is 2. The Morgan fingerprint density at radius 1 is 1.32 bits per heavy atom. The van der Waals surface area contributed by atoms with Gasteiger partial charge in [0.15, 0.2) is 0 Å². The minimum Gasteiger partial charge on any atom is -0.267 e. The first-order chi connectivity index (χ1) is 9.19. The number of rotatable bonds is 5. The number of aryl methyl sites for hydroxylation is 1. The highest BCUT2D eigenvalue weighted by molar-refractivity contribution is 5.53. The summed E-state index contributed by atoms with van der Waals surface area (Å²) in [6.45, 7) is 8.94. The Labute approximate surface area is 115 Å². The third kappa shape index (κ3) is 3.68. The second-order valence-corrected chi connectivity index (χ2v) is 4.70. The van der Waals surface area contributed by atoms with Crippen LogP contribution in [-0.4, -0.2) is 9.78 Å². The Morgan fingerprint density at radius 2 is 2.05 bits per heavy atom. The van der Waals surface area contributed by atoms with Crippen LogP contribution in [0.1, 0.15) is 30.2 Å². The zero-order valence-electron chi connectivity index (χ0n) is 11.6. The average molecular weight is 252 g/mol. The normalized spacial score (nSPS) is 11.1. The number of allylic oxidation sites excluding steroid dienone is 2. The molecule has 19 heavy (non-hydrogen) atoms. The van der Waals surface area contributed by atoms with Crippen LogP contribution in [-0.2, 0) is 6.54 Å². The molecule has 1 aromatic heterocycles. The van der Waals surface area contributed by atoms with Crippen LogP contribution in [0, 0.1) is 6.92 Å². The summed E-state index contributed by atoms with van der Waals surface area (Å²) in [4.78, 5) is 0. The summed E-state index contributed by atoms with van der Waals surface area (Å²) in [5, 5.41) is 4.55. The molecular formula is C17H20N2. The second kappa shape index (κ2) is 6.19. The highest BCUT2D eigenvalue weighted by Crippen LogP contribution is 2.12. The highest BCUT2D eigenvalue weighted by atomic mass is 15.3. The molecule has 0 aliphatic heterocycles. The van der Waals surface area contributed by atoms with Crippen LogP contribution in [0.2, 0.25) is 0 Å². The lowest BCUT2D eigenvalue weighted by molar-refractivity contribution is 0.679. The van der Waals surface area contributed by atoms with Crippen molar-refractivity contribution in [2.75, 3.05) is 0 Å². The summed E-state index contributed by atoms with van der Waals surface area (Å²) in [5.41, 5.74) is 4.61. The summed E-state index contributed by atoms with van der Waals surface area (Å²) in [6, 6.07) is 10.4. The maximum Gasteiger partial charge on any atom is 0.0666 e. The molecule has 1 aromatic carbocycles. The molecule has 2 heteroatoms. The summed E-state index contributed by atoms with van der Waals surface area (Å²) < 4.78 is 1.99. The molecule has 0 amide bonds. The van der Waals surface area contributed by atoms with Crippen molar-refractivity contribution in [1.82, 2.24) is 9.78 Å². The van der Waals surface area contributed by atoms with Crippen LogP contribution in [0.25, 0.3) is 6.08 Å². The van der Waals surface area contributed by atoms with Gasteiger partial charge in [-0.1, -0.05) is 61.6 Å². The van der Waals surface area contributed by atoms with Crippen molar-refractivity contribution in [1.29, 1.82) is 0 Å². The molecule has 1 heterocycles. The van der Waals surface area contributed by atoms with Crippen LogP contribution in [0.15, 0.2) is 54.8 Å². The van der Waals surface area contributed by atoms with E-state index in [1.165, 1.54) is 5.56 Å². The van der Waals surface area contributed by atoms with Gasteiger partial charge in [0.2, 0.25) is 0 Å². The smallest absolute Gasteiger partial charge is 0.0666 e. The summed E-state index contributed by atoms with van der Waals surface area (Å²) >= 11 is 0. The fraction of sp³-hybridized carbons (Fsp3) is 0.235. The van der Waals surface area contributed by atoms with E-state index in [0.29, 0.717) is 0 Å². The third-order valence-electron chi connectivity index (χ3n) is 3.12. The van der Waals surface area contributed by atoms with Gasteiger partial charge in [-0.3, -0.25) is 4.68 Å². The van der Waals surface area contributed by atoms with Crippen molar-refractivity contribution >= 4 is 6.08 Å². The van der Waals surface area contributed by atoms with E-state index in [9.17, 15) is 0 Å². The van der Waals surface area contributed by atoms with Crippen molar-refractivity contribution < 1.29 is 0 Å². The molecule has 0 unspecified atom stereocenters. The first kappa shape index (κ1) is 13.3. The summed E-state index contributed by atoms with van der Waals surface area (Å²) in [5.74, 6) is 0. The minimum absolute atomic E-state index is 0.810. The first-order valence-corrected chi connectivity index (χ1v) is 6.63. The fourth-order valence-corrected chi connectivity index (χ4v) is 1.87. The van der Waals surface area contributed by atoms with Crippen molar-refractivity contribution in [3.63, 3.8) is 0 Å². The van der Waals surface area contributed by atoms with Gasteiger partial charge in [0.05, 0.1) is 12.2 Å². The average Bonchev–Trinajstić information content (AvgIpc) is 2.77. The van der Waals surface area contributed by atoms with Gasteiger partial charge in [0.1, 0.15) is 0 Å². The lowest BCUT2D eigenvalue weighted by atomic mass is 10.1. The SMILES string of the molecule is C=C(/C=C\c1cn(Cc2ccccc2)nc1C)CC. The summed E-state index contributed by atoms with van der Waals surface area (Å²) in [7, 11) is 0. The molecule has 0 aliphatic carbocycles. The molecule has 2 rings (SSSR count). The molecule has 0 bridgehead atoms. The quantitative estimate of drug-likeness (QED) is 0.728. The fourth-order valence-electron chi connectivity index (χ4n) is 1.87. The van der Waals surface area contributed by atoms with Crippen LogP contribution < -0.4 is 0 Å². The molecular weight excluding hydrogens is 232 g/mol. The maximum atomic E-state index is 4.55. The molecule has 0 fully saturated rings. The van der Waals surface area contributed by atoms with Gasteiger partial charge < -0.3 is 0 Å². The van der Waals surface area contributed by atoms with E-state index in [4.69, 9.17) is 0 Å². The summed E-state index contributed by atoms with van der Waals surface area (Å²) in [6.07, 6.45) is 7.22. The van der Waals surface area contributed by atoms with Gasteiger partial charge >= 0.3 is 0 Å². The lowest BCUT2D eigenvalue weighted by Crippen LogP contribution is -1.99.